The van der Waals surface area contributed by atoms with Crippen molar-refractivity contribution in [3.8, 4) is 5.75 Å². The summed E-state index contributed by atoms with van der Waals surface area (Å²) in [6.07, 6.45) is 2.07. The van der Waals surface area contributed by atoms with E-state index in [9.17, 15) is 5.11 Å². The molecule has 122 valence electrons. The molecule has 0 fully saturated rings. The maximum absolute atomic E-state index is 10.3. The third-order valence-electron chi connectivity index (χ3n) is 3.70. The van der Waals surface area contributed by atoms with Crippen molar-refractivity contribution in [3.63, 3.8) is 0 Å². The molecule has 0 radical (unpaired) electrons. The lowest BCUT2D eigenvalue weighted by atomic mass is 10.1. The van der Waals surface area contributed by atoms with E-state index in [1.54, 1.807) is 0 Å². The molecule has 0 spiro atoms. The van der Waals surface area contributed by atoms with Crippen LogP contribution in [-0.4, -0.2) is 30.9 Å². The van der Waals surface area contributed by atoms with Crippen LogP contribution in [0.15, 0.2) is 67.3 Å². The molecule has 23 heavy (non-hydrogen) atoms. The van der Waals surface area contributed by atoms with Gasteiger partial charge >= 0.3 is 0 Å². The second-order valence-electron chi connectivity index (χ2n) is 5.44. The Morgan fingerprint density at radius 3 is 2.52 bits per heavy atom. The fourth-order valence-electron chi connectivity index (χ4n) is 2.52. The van der Waals surface area contributed by atoms with Crippen molar-refractivity contribution >= 4 is 5.69 Å². The summed E-state index contributed by atoms with van der Waals surface area (Å²) in [6, 6.07) is 18.0. The Hall–Kier alpha value is -2.26. The molecule has 2 aromatic rings. The Bertz CT molecular complexity index is 598. The largest absolute Gasteiger partial charge is 0.491 e. The predicted molar refractivity (Wildman–Crippen MR) is 96.2 cm³/mol. The average Bonchev–Trinajstić information content (AvgIpc) is 2.60. The highest BCUT2D eigenvalue weighted by atomic mass is 16.5. The maximum atomic E-state index is 10.3. The van der Waals surface area contributed by atoms with Crippen LogP contribution in [0.5, 0.6) is 5.75 Å². The van der Waals surface area contributed by atoms with Gasteiger partial charge in [-0.3, -0.25) is 0 Å². The lowest BCUT2D eigenvalue weighted by Crippen LogP contribution is -2.35. The molecule has 0 aliphatic heterocycles. The van der Waals surface area contributed by atoms with Gasteiger partial charge in [-0.15, -0.1) is 6.58 Å². The lowest BCUT2D eigenvalue weighted by molar-refractivity contribution is 0.112. The third kappa shape index (κ3) is 5.15. The van der Waals surface area contributed by atoms with Gasteiger partial charge in [0.15, 0.2) is 0 Å². The Morgan fingerprint density at radius 1 is 1.13 bits per heavy atom. The van der Waals surface area contributed by atoms with Gasteiger partial charge in [-0.05, 0) is 37.1 Å². The fourth-order valence-corrected chi connectivity index (χ4v) is 2.52. The molecule has 1 atom stereocenters. The van der Waals surface area contributed by atoms with E-state index >= 15 is 0 Å². The van der Waals surface area contributed by atoms with Gasteiger partial charge in [0.1, 0.15) is 18.5 Å². The first-order valence-electron chi connectivity index (χ1n) is 8.04. The normalized spacial score (nSPS) is 11.7. The Balaban J connectivity index is 1.92. The number of para-hydroxylation sites is 2. The van der Waals surface area contributed by atoms with Crippen LogP contribution >= 0.6 is 0 Å². The van der Waals surface area contributed by atoms with E-state index in [4.69, 9.17) is 4.74 Å². The summed E-state index contributed by atoms with van der Waals surface area (Å²) in [7, 11) is 0. The minimum atomic E-state index is -0.549. The maximum Gasteiger partial charge on any atom is 0.122 e. The first kappa shape index (κ1) is 17.1. The molecule has 2 aromatic carbocycles. The van der Waals surface area contributed by atoms with Crippen molar-refractivity contribution < 1.29 is 9.84 Å². The first-order valence-corrected chi connectivity index (χ1v) is 8.04. The smallest absolute Gasteiger partial charge is 0.122 e. The number of allylic oxidation sites excluding steroid dienone is 1. The van der Waals surface area contributed by atoms with Gasteiger partial charge in [0.05, 0.1) is 0 Å². The number of ether oxygens (including phenoxy) is 1. The fraction of sp³-hybridized carbons (Fsp3) is 0.300. The summed E-state index contributed by atoms with van der Waals surface area (Å²) in [4.78, 5) is 2.14. The van der Waals surface area contributed by atoms with Crippen LogP contribution in [0, 0.1) is 0 Å². The number of aliphatic hydroxyl groups excluding tert-OH is 1. The van der Waals surface area contributed by atoms with Gasteiger partial charge in [-0.1, -0.05) is 42.5 Å². The summed E-state index contributed by atoms with van der Waals surface area (Å²) >= 11 is 0. The number of likely N-dealkylation sites (N-methyl/N-ethyl adjacent to an activating group) is 1. The zero-order chi connectivity index (χ0) is 16.5. The number of benzene rings is 2. The molecular weight excluding hydrogens is 286 g/mol. The van der Waals surface area contributed by atoms with Crippen LogP contribution < -0.4 is 9.64 Å². The molecule has 0 heterocycles. The second-order valence-corrected chi connectivity index (χ2v) is 5.44. The quantitative estimate of drug-likeness (QED) is 0.717. The molecule has 0 aromatic heterocycles. The van der Waals surface area contributed by atoms with E-state index in [2.05, 4.69) is 30.5 Å². The van der Waals surface area contributed by atoms with Crippen LogP contribution in [-0.2, 0) is 6.42 Å². The van der Waals surface area contributed by atoms with Crippen molar-refractivity contribution in [2.24, 2.45) is 0 Å². The lowest BCUT2D eigenvalue weighted by Gasteiger charge is -2.26. The topological polar surface area (TPSA) is 32.7 Å². The van der Waals surface area contributed by atoms with E-state index in [1.165, 1.54) is 0 Å². The van der Waals surface area contributed by atoms with Crippen LogP contribution in [0.1, 0.15) is 12.5 Å². The molecule has 0 amide bonds. The molecule has 0 bridgehead atoms. The average molecular weight is 311 g/mol. The van der Waals surface area contributed by atoms with Crippen LogP contribution in [0.2, 0.25) is 0 Å². The molecular formula is C20H25NO2. The minimum absolute atomic E-state index is 0.275. The second kappa shape index (κ2) is 9.01. The van der Waals surface area contributed by atoms with Gasteiger partial charge in [-0.2, -0.15) is 0 Å². The van der Waals surface area contributed by atoms with E-state index in [0.717, 1.165) is 30.0 Å². The molecule has 0 saturated carbocycles. The Morgan fingerprint density at radius 2 is 1.83 bits per heavy atom. The van der Waals surface area contributed by atoms with Gasteiger partial charge < -0.3 is 14.7 Å². The third-order valence-corrected chi connectivity index (χ3v) is 3.70. The monoisotopic (exact) mass is 311 g/mol. The molecule has 1 unspecified atom stereocenters. The summed E-state index contributed by atoms with van der Waals surface area (Å²) in [5.41, 5.74) is 2.20. The van der Waals surface area contributed by atoms with E-state index in [0.29, 0.717) is 6.54 Å². The van der Waals surface area contributed by atoms with Crippen molar-refractivity contribution in [2.45, 2.75) is 19.4 Å². The van der Waals surface area contributed by atoms with Crippen molar-refractivity contribution in [2.75, 3.05) is 24.6 Å². The zero-order valence-electron chi connectivity index (χ0n) is 13.7. The molecule has 2 rings (SSSR count). The molecule has 0 aliphatic rings. The molecule has 3 heteroatoms. The van der Waals surface area contributed by atoms with Gasteiger partial charge in [0.25, 0.3) is 0 Å². The highest BCUT2D eigenvalue weighted by molar-refractivity contribution is 5.45. The highest BCUT2D eigenvalue weighted by Gasteiger charge is 2.12. The number of anilines is 1. The summed E-state index contributed by atoms with van der Waals surface area (Å²) < 4.78 is 5.81. The SMILES string of the molecule is C=CCc1ccccc1OCC(O)CN(CC)c1ccccc1. The zero-order valence-corrected chi connectivity index (χ0v) is 13.7. The van der Waals surface area contributed by atoms with Crippen molar-refractivity contribution in [1.29, 1.82) is 0 Å². The Labute approximate surface area is 138 Å². The number of nitrogens with zero attached hydrogens (tertiary/aromatic N) is 1. The molecule has 0 saturated heterocycles. The number of aliphatic hydroxyl groups is 1. The highest BCUT2D eigenvalue weighted by Crippen LogP contribution is 2.19. The van der Waals surface area contributed by atoms with Crippen LogP contribution in [0.25, 0.3) is 0 Å². The number of hydrogen-bond acceptors (Lipinski definition) is 3. The van der Waals surface area contributed by atoms with Crippen LogP contribution in [0.4, 0.5) is 5.69 Å². The molecule has 3 nitrogen and oxygen atoms in total. The molecule has 0 aliphatic carbocycles. The summed E-state index contributed by atoms with van der Waals surface area (Å²) in [6.45, 7) is 7.51. The van der Waals surface area contributed by atoms with Crippen molar-refractivity contribution in [1.82, 2.24) is 0 Å². The van der Waals surface area contributed by atoms with Gasteiger partial charge in [0.2, 0.25) is 0 Å². The van der Waals surface area contributed by atoms with Gasteiger partial charge in [0, 0.05) is 18.8 Å². The molecule has 1 N–H and O–H groups in total. The van der Waals surface area contributed by atoms with E-state index in [1.807, 2.05) is 48.5 Å². The number of rotatable bonds is 9. The minimum Gasteiger partial charge on any atom is -0.491 e. The predicted octanol–water partition coefficient (Wildman–Crippen LogP) is 3.68. The standard InChI is InChI=1S/C20H25NO2/c1-3-10-17-11-8-9-14-20(17)23-16-19(22)15-21(4-2)18-12-6-5-7-13-18/h3,5-9,11-14,19,22H,1,4,10,15-16H2,2H3. The Kier molecular flexibility index (Phi) is 6.70. The summed E-state index contributed by atoms with van der Waals surface area (Å²) in [5, 5.41) is 10.3. The van der Waals surface area contributed by atoms with Gasteiger partial charge in [-0.25, -0.2) is 0 Å². The summed E-state index contributed by atoms with van der Waals surface area (Å²) in [5.74, 6) is 0.814. The van der Waals surface area contributed by atoms with E-state index in [-0.39, 0.29) is 6.61 Å². The van der Waals surface area contributed by atoms with Crippen molar-refractivity contribution in [3.05, 3.63) is 72.8 Å². The number of hydrogen-bond donors (Lipinski definition) is 1. The van der Waals surface area contributed by atoms with Crippen LogP contribution in [0.3, 0.4) is 0 Å². The van der Waals surface area contributed by atoms with E-state index < -0.39 is 6.10 Å². The first-order chi connectivity index (χ1) is 11.2.